The molecule has 0 atom stereocenters. The molecule has 0 aliphatic rings. The molecule has 8 heteroatoms. The number of ether oxygens (including phenoxy) is 1. The molecule has 3 aromatic rings. The topological polar surface area (TPSA) is 83.8 Å². The number of aromatic carboxylic acids is 1. The highest BCUT2D eigenvalue weighted by molar-refractivity contribution is 7.34. The predicted octanol–water partition coefficient (Wildman–Crippen LogP) is 3.93. The predicted molar refractivity (Wildman–Crippen MR) is 82.3 cm³/mol. The average molecular weight is 343 g/mol. The molecular formula is C13H7ClO5S2. The molecular weight excluding hydrogens is 336 g/mol. The number of hydrogen-bond donors (Lipinski definition) is 2. The molecule has 0 unspecified atom stereocenters. The van der Waals surface area contributed by atoms with Crippen molar-refractivity contribution in [2.45, 2.75) is 0 Å². The van der Waals surface area contributed by atoms with E-state index >= 15 is 0 Å². The molecule has 0 amide bonds. The Kier molecular flexibility index (Phi) is 3.48. The minimum absolute atomic E-state index is 0.000578. The molecule has 0 saturated carbocycles. The molecule has 0 spiro atoms. The van der Waals surface area contributed by atoms with Gasteiger partial charge in [0.2, 0.25) is 0 Å². The smallest absolute Gasteiger partial charge is 0.349 e. The zero-order valence-corrected chi connectivity index (χ0v) is 12.6. The quantitative estimate of drug-likeness (QED) is 0.750. The Morgan fingerprint density at radius 3 is 2.57 bits per heavy atom. The van der Waals surface area contributed by atoms with E-state index in [2.05, 4.69) is 0 Å². The largest absolute Gasteiger partial charge is 0.479 e. The second-order valence-electron chi connectivity index (χ2n) is 4.12. The van der Waals surface area contributed by atoms with E-state index in [0.29, 0.717) is 9.72 Å². The molecule has 21 heavy (non-hydrogen) atoms. The van der Waals surface area contributed by atoms with Crippen molar-refractivity contribution in [2.75, 3.05) is 6.61 Å². The van der Waals surface area contributed by atoms with Crippen molar-refractivity contribution in [3.63, 3.8) is 0 Å². The first-order valence-electron chi connectivity index (χ1n) is 5.70. The van der Waals surface area contributed by atoms with Gasteiger partial charge in [0.05, 0.1) is 19.1 Å². The van der Waals surface area contributed by atoms with E-state index < -0.39 is 18.5 Å². The van der Waals surface area contributed by atoms with Crippen LogP contribution in [0.5, 0.6) is 5.75 Å². The highest BCUT2D eigenvalue weighted by Crippen LogP contribution is 2.48. The van der Waals surface area contributed by atoms with Gasteiger partial charge in [-0.1, -0.05) is 23.7 Å². The van der Waals surface area contributed by atoms with Crippen LogP contribution in [0.1, 0.15) is 9.67 Å². The maximum atomic E-state index is 11.3. The number of carboxylic acids is 2. The lowest BCUT2D eigenvalue weighted by Gasteiger charge is -2.01. The van der Waals surface area contributed by atoms with Gasteiger partial charge in [-0.3, -0.25) is 0 Å². The summed E-state index contributed by atoms with van der Waals surface area (Å²) >= 11 is 8.50. The number of thiophene rings is 2. The third-order valence-electron chi connectivity index (χ3n) is 2.77. The third-order valence-corrected chi connectivity index (χ3v) is 5.76. The monoisotopic (exact) mass is 342 g/mol. The zero-order valence-electron chi connectivity index (χ0n) is 10.3. The minimum Gasteiger partial charge on any atom is -0.479 e. The molecule has 0 aliphatic carbocycles. The summed E-state index contributed by atoms with van der Waals surface area (Å²) in [5.41, 5.74) is 0. The van der Waals surface area contributed by atoms with E-state index in [1.54, 1.807) is 12.1 Å². The maximum absolute atomic E-state index is 11.3. The lowest BCUT2D eigenvalue weighted by Crippen LogP contribution is -2.10. The molecule has 2 N–H and O–H groups in total. The van der Waals surface area contributed by atoms with Crippen molar-refractivity contribution >= 4 is 65.7 Å². The van der Waals surface area contributed by atoms with Gasteiger partial charge in [0.25, 0.3) is 0 Å². The Balaban J connectivity index is 2.28. The van der Waals surface area contributed by atoms with Gasteiger partial charge in [0, 0.05) is 5.39 Å². The molecule has 0 fully saturated rings. The summed E-state index contributed by atoms with van der Waals surface area (Å²) in [4.78, 5) is 21.9. The maximum Gasteiger partial charge on any atom is 0.349 e. The van der Waals surface area contributed by atoms with Gasteiger partial charge in [-0.05, 0) is 6.07 Å². The van der Waals surface area contributed by atoms with E-state index in [1.165, 1.54) is 11.3 Å². The molecule has 108 valence electrons. The number of hydrogen-bond acceptors (Lipinski definition) is 5. The minimum atomic E-state index is -1.16. The normalized spacial score (nSPS) is 11.1. The second kappa shape index (κ2) is 5.18. The molecule has 2 aromatic heterocycles. The fourth-order valence-corrected chi connectivity index (χ4v) is 4.76. The summed E-state index contributed by atoms with van der Waals surface area (Å²) < 4.78 is 7.37. The Morgan fingerprint density at radius 2 is 1.90 bits per heavy atom. The van der Waals surface area contributed by atoms with Crippen LogP contribution >= 0.6 is 34.3 Å². The number of aliphatic carboxylic acids is 1. The van der Waals surface area contributed by atoms with Crippen LogP contribution in [-0.2, 0) is 4.79 Å². The third kappa shape index (κ3) is 2.33. The fourth-order valence-electron chi connectivity index (χ4n) is 1.97. The summed E-state index contributed by atoms with van der Waals surface area (Å²) in [6, 6.07) is 5.39. The van der Waals surface area contributed by atoms with E-state index in [0.717, 1.165) is 26.1 Å². The fraction of sp³-hybridized carbons (Fsp3) is 0.0769. The van der Waals surface area contributed by atoms with Gasteiger partial charge >= 0.3 is 11.9 Å². The van der Waals surface area contributed by atoms with Crippen molar-refractivity contribution in [1.82, 2.24) is 0 Å². The molecule has 0 bridgehead atoms. The molecule has 0 radical (unpaired) electrons. The lowest BCUT2D eigenvalue weighted by molar-refractivity contribution is -0.139. The highest BCUT2D eigenvalue weighted by Gasteiger charge is 2.24. The van der Waals surface area contributed by atoms with E-state index in [4.69, 9.17) is 21.4 Å². The number of rotatable bonds is 4. The molecule has 2 heterocycles. The number of carbonyl (C=O) groups is 2. The molecule has 0 saturated heterocycles. The van der Waals surface area contributed by atoms with E-state index in [9.17, 15) is 14.7 Å². The van der Waals surface area contributed by atoms with Gasteiger partial charge < -0.3 is 14.9 Å². The van der Waals surface area contributed by atoms with Gasteiger partial charge in [-0.25, -0.2) is 9.59 Å². The first kappa shape index (κ1) is 14.1. The molecule has 1 aromatic carbocycles. The van der Waals surface area contributed by atoms with Crippen LogP contribution < -0.4 is 4.74 Å². The summed E-state index contributed by atoms with van der Waals surface area (Å²) in [5, 5.41) is 19.4. The van der Waals surface area contributed by atoms with Crippen molar-refractivity contribution in [3.8, 4) is 5.75 Å². The number of benzene rings is 1. The van der Waals surface area contributed by atoms with Crippen LogP contribution in [0.3, 0.4) is 0 Å². The van der Waals surface area contributed by atoms with Crippen molar-refractivity contribution in [3.05, 3.63) is 28.1 Å². The standard InChI is InChI=1S/C13H7ClO5S2/c14-6-3-1-2-5-9(6)20-11-8(19-4-7(15)16)12(13(17)18)21-10(5)11/h1-3H,4H2,(H,15,16)(H,17,18). The molecule has 0 aliphatic heterocycles. The Labute approximate surface area is 130 Å². The summed E-state index contributed by atoms with van der Waals surface area (Å²) in [7, 11) is 0. The van der Waals surface area contributed by atoms with Gasteiger partial charge in [-0.2, -0.15) is 0 Å². The number of fused-ring (bicyclic) bond motifs is 3. The van der Waals surface area contributed by atoms with Crippen LogP contribution in [0.15, 0.2) is 18.2 Å². The lowest BCUT2D eigenvalue weighted by atomic mass is 10.2. The van der Waals surface area contributed by atoms with Crippen molar-refractivity contribution in [2.24, 2.45) is 0 Å². The van der Waals surface area contributed by atoms with Crippen LogP contribution in [0.25, 0.3) is 19.5 Å². The molecule has 3 rings (SSSR count). The summed E-state index contributed by atoms with van der Waals surface area (Å²) in [5.74, 6) is -2.20. The number of carboxylic acid groups (broad SMARTS) is 2. The van der Waals surface area contributed by atoms with Crippen LogP contribution in [0.4, 0.5) is 0 Å². The Bertz CT molecular complexity index is 880. The van der Waals surface area contributed by atoms with Gasteiger partial charge in [-0.15, -0.1) is 22.7 Å². The molecule has 5 nitrogen and oxygen atoms in total. The number of halogens is 1. The van der Waals surface area contributed by atoms with E-state index in [-0.39, 0.29) is 10.6 Å². The Morgan fingerprint density at radius 1 is 1.14 bits per heavy atom. The first-order valence-corrected chi connectivity index (χ1v) is 7.71. The van der Waals surface area contributed by atoms with Crippen molar-refractivity contribution in [1.29, 1.82) is 0 Å². The van der Waals surface area contributed by atoms with Crippen LogP contribution in [-0.4, -0.2) is 28.8 Å². The van der Waals surface area contributed by atoms with Crippen LogP contribution in [0, 0.1) is 0 Å². The first-order chi connectivity index (χ1) is 9.99. The Hall–Kier alpha value is -1.83. The second-order valence-corrected chi connectivity index (χ2v) is 6.57. The van der Waals surface area contributed by atoms with E-state index in [1.807, 2.05) is 6.07 Å². The highest BCUT2D eigenvalue weighted by atomic mass is 35.5. The average Bonchev–Trinajstić information content (AvgIpc) is 2.93. The summed E-state index contributed by atoms with van der Waals surface area (Å²) in [6.45, 7) is -0.589. The summed E-state index contributed by atoms with van der Waals surface area (Å²) in [6.07, 6.45) is 0. The van der Waals surface area contributed by atoms with Gasteiger partial charge in [0.1, 0.15) is 0 Å². The van der Waals surface area contributed by atoms with Crippen molar-refractivity contribution < 1.29 is 24.5 Å². The van der Waals surface area contributed by atoms with Gasteiger partial charge in [0.15, 0.2) is 17.2 Å². The zero-order chi connectivity index (χ0) is 15.1. The van der Waals surface area contributed by atoms with Crippen LogP contribution in [0.2, 0.25) is 5.02 Å². The SMILES string of the molecule is O=C(O)COc1c(C(=O)O)sc2c1sc1c(Cl)cccc12.